The highest BCUT2D eigenvalue weighted by Crippen LogP contribution is 2.09. The number of carbonyl (C=O) groups excluding carboxylic acids is 1. The third kappa shape index (κ3) is 4.54. The summed E-state index contributed by atoms with van der Waals surface area (Å²) in [6, 6.07) is 9.40. The van der Waals surface area contributed by atoms with Crippen LogP contribution in [0, 0.1) is 0 Å². The molecule has 1 aromatic carbocycles. The molecule has 1 amide bonds. The minimum Gasteiger partial charge on any atom is -0.493 e. The van der Waals surface area contributed by atoms with Crippen molar-refractivity contribution in [3.8, 4) is 5.75 Å². The zero-order valence-electron chi connectivity index (χ0n) is 10.8. The van der Waals surface area contributed by atoms with E-state index in [2.05, 4.69) is 0 Å². The molecule has 0 bridgehead atoms. The Morgan fingerprint density at radius 1 is 1.42 bits per heavy atom. The molecule has 1 fully saturated rings. The van der Waals surface area contributed by atoms with Gasteiger partial charge in [0, 0.05) is 13.1 Å². The van der Waals surface area contributed by atoms with Crippen LogP contribution in [0.4, 0.5) is 0 Å². The smallest absolute Gasteiger partial charge is 0.226 e. The number of hydrogen-bond acceptors (Lipinski definition) is 4. The molecule has 0 saturated carbocycles. The largest absolute Gasteiger partial charge is 0.493 e. The van der Waals surface area contributed by atoms with Gasteiger partial charge in [0.25, 0.3) is 0 Å². The Kier molecular flexibility index (Phi) is 5.18. The van der Waals surface area contributed by atoms with Crippen LogP contribution in [0.5, 0.6) is 5.75 Å². The van der Waals surface area contributed by atoms with Crippen molar-refractivity contribution in [2.45, 2.75) is 12.5 Å². The number of carbonyl (C=O) groups is 1. The molecular formula is C14H19NO4. The summed E-state index contributed by atoms with van der Waals surface area (Å²) < 4.78 is 10.7. The van der Waals surface area contributed by atoms with E-state index in [0.29, 0.717) is 39.3 Å². The molecule has 1 aromatic rings. The van der Waals surface area contributed by atoms with Crippen molar-refractivity contribution in [3.63, 3.8) is 0 Å². The highest BCUT2D eigenvalue weighted by Gasteiger charge is 2.20. The maximum atomic E-state index is 12.0. The molecule has 0 aliphatic carbocycles. The fourth-order valence-corrected chi connectivity index (χ4v) is 1.95. The topological polar surface area (TPSA) is 59.0 Å². The van der Waals surface area contributed by atoms with Gasteiger partial charge in [0.15, 0.2) is 0 Å². The van der Waals surface area contributed by atoms with Gasteiger partial charge in [-0.3, -0.25) is 4.79 Å². The minimum atomic E-state index is -0.596. The van der Waals surface area contributed by atoms with Crippen molar-refractivity contribution in [2.75, 3.05) is 32.9 Å². The molecule has 104 valence electrons. The lowest BCUT2D eigenvalue weighted by atomic mass is 10.3. The Morgan fingerprint density at radius 2 is 2.21 bits per heavy atom. The molecule has 1 saturated heterocycles. The summed E-state index contributed by atoms with van der Waals surface area (Å²) in [4.78, 5) is 13.6. The number of nitrogens with zero attached hydrogens (tertiary/aromatic N) is 1. The van der Waals surface area contributed by atoms with Gasteiger partial charge >= 0.3 is 0 Å². The molecule has 1 heterocycles. The van der Waals surface area contributed by atoms with Crippen LogP contribution in [0.2, 0.25) is 0 Å². The van der Waals surface area contributed by atoms with E-state index in [1.54, 1.807) is 4.90 Å². The van der Waals surface area contributed by atoms with E-state index in [-0.39, 0.29) is 5.91 Å². The van der Waals surface area contributed by atoms with Gasteiger partial charge in [0.1, 0.15) is 5.75 Å². The Labute approximate surface area is 112 Å². The van der Waals surface area contributed by atoms with Gasteiger partial charge in [0.2, 0.25) is 5.91 Å². The zero-order valence-corrected chi connectivity index (χ0v) is 10.8. The summed E-state index contributed by atoms with van der Waals surface area (Å²) in [7, 11) is 0. The molecule has 1 atom stereocenters. The molecule has 5 heteroatoms. The van der Waals surface area contributed by atoms with Gasteiger partial charge < -0.3 is 19.5 Å². The molecule has 1 aliphatic rings. The van der Waals surface area contributed by atoms with E-state index in [9.17, 15) is 9.90 Å². The monoisotopic (exact) mass is 265 g/mol. The fourth-order valence-electron chi connectivity index (χ4n) is 1.95. The minimum absolute atomic E-state index is 0.0134. The highest BCUT2D eigenvalue weighted by atomic mass is 16.5. The maximum Gasteiger partial charge on any atom is 0.226 e. The SMILES string of the molecule is O=C(CCOc1ccccc1)N1CCOCC(O)C1. The van der Waals surface area contributed by atoms with Gasteiger partial charge in [0.05, 0.1) is 32.3 Å². The van der Waals surface area contributed by atoms with Crippen LogP contribution in [0.15, 0.2) is 30.3 Å². The lowest BCUT2D eigenvalue weighted by Gasteiger charge is -2.21. The van der Waals surface area contributed by atoms with Crippen LogP contribution in [0.1, 0.15) is 6.42 Å². The number of hydrogen-bond donors (Lipinski definition) is 1. The number of amides is 1. The van der Waals surface area contributed by atoms with Crippen molar-refractivity contribution >= 4 is 5.91 Å². The molecule has 1 aliphatic heterocycles. The summed E-state index contributed by atoms with van der Waals surface area (Å²) in [5.41, 5.74) is 0. The number of aliphatic hydroxyl groups excluding tert-OH is 1. The Morgan fingerprint density at radius 3 is 3.00 bits per heavy atom. The first-order valence-electron chi connectivity index (χ1n) is 6.47. The van der Waals surface area contributed by atoms with Crippen LogP contribution in [-0.4, -0.2) is 54.9 Å². The van der Waals surface area contributed by atoms with Crippen molar-refractivity contribution in [1.29, 1.82) is 0 Å². The Bertz CT molecular complexity index is 396. The molecule has 0 aromatic heterocycles. The normalized spacial score (nSPS) is 19.8. The van der Waals surface area contributed by atoms with E-state index in [1.165, 1.54) is 0 Å². The van der Waals surface area contributed by atoms with Crippen molar-refractivity contribution in [1.82, 2.24) is 4.90 Å². The summed E-state index contributed by atoms with van der Waals surface area (Å²) >= 11 is 0. The first-order valence-corrected chi connectivity index (χ1v) is 6.47. The summed E-state index contributed by atoms with van der Waals surface area (Å²) in [5.74, 6) is 0.745. The second-order valence-electron chi connectivity index (χ2n) is 4.48. The van der Waals surface area contributed by atoms with Crippen molar-refractivity contribution in [3.05, 3.63) is 30.3 Å². The molecule has 1 unspecified atom stereocenters. The van der Waals surface area contributed by atoms with Gasteiger partial charge in [-0.1, -0.05) is 18.2 Å². The number of aliphatic hydroxyl groups is 1. The summed E-state index contributed by atoms with van der Waals surface area (Å²) in [6.45, 7) is 1.98. The lowest BCUT2D eigenvalue weighted by molar-refractivity contribution is -0.132. The molecule has 19 heavy (non-hydrogen) atoms. The predicted octanol–water partition coefficient (Wildman–Crippen LogP) is 0.675. The van der Waals surface area contributed by atoms with E-state index in [4.69, 9.17) is 9.47 Å². The zero-order chi connectivity index (χ0) is 13.5. The molecule has 0 radical (unpaired) electrons. The molecule has 0 spiro atoms. The van der Waals surface area contributed by atoms with Crippen LogP contribution >= 0.6 is 0 Å². The standard InChI is InChI=1S/C14H19NO4/c16-12-10-15(7-9-18-11-12)14(17)6-8-19-13-4-2-1-3-5-13/h1-5,12,16H,6-11H2. The number of β-amino-alcohol motifs (C(OH)–C–C–N with tert-alkyl or cyclic N) is 1. The fraction of sp³-hybridized carbons (Fsp3) is 0.500. The van der Waals surface area contributed by atoms with Crippen molar-refractivity contribution in [2.24, 2.45) is 0 Å². The average Bonchev–Trinajstić information content (AvgIpc) is 2.64. The summed E-state index contributed by atoms with van der Waals surface area (Å²) in [5, 5.41) is 9.56. The molecular weight excluding hydrogens is 246 g/mol. The third-order valence-corrected chi connectivity index (χ3v) is 2.93. The van der Waals surface area contributed by atoms with Gasteiger partial charge in [-0.2, -0.15) is 0 Å². The number of benzene rings is 1. The molecule has 2 rings (SSSR count). The van der Waals surface area contributed by atoms with Crippen LogP contribution in [0.3, 0.4) is 0 Å². The van der Waals surface area contributed by atoms with Gasteiger partial charge in [-0.25, -0.2) is 0 Å². The van der Waals surface area contributed by atoms with Crippen LogP contribution in [-0.2, 0) is 9.53 Å². The molecule has 1 N–H and O–H groups in total. The lowest BCUT2D eigenvalue weighted by Crippen LogP contribution is -2.38. The van der Waals surface area contributed by atoms with E-state index < -0.39 is 6.10 Å². The van der Waals surface area contributed by atoms with E-state index in [0.717, 1.165) is 5.75 Å². The highest BCUT2D eigenvalue weighted by molar-refractivity contribution is 5.76. The average molecular weight is 265 g/mol. The third-order valence-electron chi connectivity index (χ3n) is 2.93. The maximum absolute atomic E-state index is 12.0. The first kappa shape index (κ1) is 13.8. The van der Waals surface area contributed by atoms with Crippen LogP contribution < -0.4 is 4.74 Å². The quantitative estimate of drug-likeness (QED) is 0.869. The van der Waals surface area contributed by atoms with Crippen LogP contribution in [0.25, 0.3) is 0 Å². The van der Waals surface area contributed by atoms with E-state index >= 15 is 0 Å². The van der Waals surface area contributed by atoms with Gasteiger partial charge in [-0.15, -0.1) is 0 Å². The second kappa shape index (κ2) is 7.11. The van der Waals surface area contributed by atoms with Gasteiger partial charge in [-0.05, 0) is 12.1 Å². The number of ether oxygens (including phenoxy) is 2. The summed E-state index contributed by atoms with van der Waals surface area (Å²) in [6.07, 6.45) is -0.289. The first-order chi connectivity index (χ1) is 9.25. The van der Waals surface area contributed by atoms with E-state index in [1.807, 2.05) is 30.3 Å². The molecule has 5 nitrogen and oxygen atoms in total. The predicted molar refractivity (Wildman–Crippen MR) is 70.0 cm³/mol. The van der Waals surface area contributed by atoms with Crippen molar-refractivity contribution < 1.29 is 19.4 Å². The Hall–Kier alpha value is -1.59. The number of para-hydroxylation sites is 1. The number of rotatable bonds is 4. The second-order valence-corrected chi connectivity index (χ2v) is 4.48. The Balaban J connectivity index is 1.74.